The summed E-state index contributed by atoms with van der Waals surface area (Å²) in [5.74, 6) is 0.189. The van der Waals surface area contributed by atoms with Crippen molar-refractivity contribution < 1.29 is 14.3 Å². The van der Waals surface area contributed by atoms with E-state index in [1.807, 2.05) is 55.5 Å². The molecule has 7 heteroatoms. The highest BCUT2D eigenvalue weighted by molar-refractivity contribution is 8.26. The first kappa shape index (κ1) is 20.1. The molecule has 1 aliphatic heterocycles. The van der Waals surface area contributed by atoms with Crippen molar-refractivity contribution in [3.8, 4) is 5.75 Å². The summed E-state index contributed by atoms with van der Waals surface area (Å²) >= 11 is 6.55. The predicted octanol–water partition coefficient (Wildman–Crippen LogP) is 4.23. The van der Waals surface area contributed by atoms with Crippen molar-refractivity contribution in [1.29, 1.82) is 0 Å². The van der Waals surface area contributed by atoms with Crippen molar-refractivity contribution in [1.82, 2.24) is 4.90 Å². The van der Waals surface area contributed by atoms with Crippen LogP contribution in [0, 0.1) is 6.92 Å². The average molecular weight is 413 g/mol. The van der Waals surface area contributed by atoms with Gasteiger partial charge in [-0.15, -0.1) is 0 Å². The number of benzene rings is 2. The molecule has 0 saturated carbocycles. The van der Waals surface area contributed by atoms with E-state index in [0.29, 0.717) is 14.9 Å². The van der Waals surface area contributed by atoms with Crippen molar-refractivity contribution >= 4 is 51.9 Å². The van der Waals surface area contributed by atoms with Crippen LogP contribution in [0.25, 0.3) is 6.08 Å². The fourth-order valence-electron chi connectivity index (χ4n) is 2.67. The van der Waals surface area contributed by atoms with Gasteiger partial charge in [0.25, 0.3) is 5.91 Å². The van der Waals surface area contributed by atoms with Gasteiger partial charge in [-0.2, -0.15) is 0 Å². The van der Waals surface area contributed by atoms with Crippen LogP contribution in [0.15, 0.2) is 53.4 Å². The second-order valence-corrected chi connectivity index (χ2v) is 8.03. The zero-order chi connectivity index (χ0) is 20.3. The Morgan fingerprint density at radius 2 is 1.82 bits per heavy atom. The zero-order valence-corrected chi connectivity index (χ0v) is 17.4. The molecule has 144 valence electrons. The average Bonchev–Trinajstić information content (AvgIpc) is 2.96. The van der Waals surface area contributed by atoms with Crippen LogP contribution in [-0.4, -0.2) is 34.2 Å². The zero-order valence-electron chi connectivity index (χ0n) is 15.8. The van der Waals surface area contributed by atoms with Gasteiger partial charge >= 0.3 is 0 Å². The van der Waals surface area contributed by atoms with Crippen molar-refractivity contribution in [2.75, 3.05) is 12.4 Å². The number of amides is 2. The van der Waals surface area contributed by atoms with Gasteiger partial charge in [0.05, 0.1) is 12.0 Å². The van der Waals surface area contributed by atoms with Gasteiger partial charge in [0.1, 0.15) is 16.1 Å². The maximum absolute atomic E-state index is 12.8. The molecule has 0 spiro atoms. The molecule has 5 nitrogen and oxygen atoms in total. The number of methoxy groups -OCH3 is 1. The lowest BCUT2D eigenvalue weighted by Crippen LogP contribution is -2.44. The SMILES string of the molecule is COc1ccc(/C=C2\SC(=S)N(C(C)C(=O)Nc3ccc(C)cc3)C2=O)cc1. The van der Waals surface area contributed by atoms with Crippen molar-refractivity contribution in [2.24, 2.45) is 0 Å². The molecule has 28 heavy (non-hydrogen) atoms. The fraction of sp³-hybridized carbons (Fsp3) is 0.190. The van der Waals surface area contributed by atoms with E-state index in [0.717, 1.165) is 16.9 Å². The van der Waals surface area contributed by atoms with Crippen molar-refractivity contribution in [3.63, 3.8) is 0 Å². The Morgan fingerprint density at radius 3 is 2.43 bits per heavy atom. The molecule has 1 atom stereocenters. The summed E-state index contributed by atoms with van der Waals surface area (Å²) in [5, 5.41) is 2.83. The highest BCUT2D eigenvalue weighted by Crippen LogP contribution is 2.34. The second-order valence-electron chi connectivity index (χ2n) is 6.36. The van der Waals surface area contributed by atoms with E-state index in [1.165, 1.54) is 16.7 Å². The number of nitrogens with zero attached hydrogens (tertiary/aromatic N) is 1. The van der Waals surface area contributed by atoms with E-state index >= 15 is 0 Å². The van der Waals surface area contributed by atoms with E-state index in [9.17, 15) is 9.59 Å². The number of ether oxygens (including phenoxy) is 1. The van der Waals surface area contributed by atoms with E-state index < -0.39 is 6.04 Å². The van der Waals surface area contributed by atoms with E-state index in [2.05, 4.69) is 5.32 Å². The number of hydrogen-bond acceptors (Lipinski definition) is 5. The largest absolute Gasteiger partial charge is 0.497 e. The Hall–Kier alpha value is -2.64. The number of thioether (sulfide) groups is 1. The molecule has 1 aliphatic rings. The summed E-state index contributed by atoms with van der Waals surface area (Å²) in [7, 11) is 1.60. The van der Waals surface area contributed by atoms with Crippen LogP contribution in [0.5, 0.6) is 5.75 Å². The van der Waals surface area contributed by atoms with Crippen LogP contribution in [0.4, 0.5) is 5.69 Å². The molecule has 2 amide bonds. The van der Waals surface area contributed by atoms with Gasteiger partial charge in [-0.1, -0.05) is 53.8 Å². The minimum absolute atomic E-state index is 0.266. The molecule has 2 aromatic carbocycles. The summed E-state index contributed by atoms with van der Waals surface area (Å²) in [4.78, 5) is 27.3. The van der Waals surface area contributed by atoms with Crippen molar-refractivity contribution in [2.45, 2.75) is 19.9 Å². The first-order valence-electron chi connectivity index (χ1n) is 8.67. The topological polar surface area (TPSA) is 58.6 Å². The molecule has 1 heterocycles. The van der Waals surface area contributed by atoms with Gasteiger partial charge < -0.3 is 10.1 Å². The third kappa shape index (κ3) is 4.43. The third-order valence-corrected chi connectivity index (χ3v) is 5.65. The summed E-state index contributed by atoms with van der Waals surface area (Å²) in [6.07, 6.45) is 1.77. The quantitative estimate of drug-likeness (QED) is 0.588. The highest BCUT2D eigenvalue weighted by atomic mass is 32.2. The number of nitrogens with one attached hydrogen (secondary N) is 1. The summed E-state index contributed by atoms with van der Waals surface area (Å²) in [6.45, 7) is 3.65. The molecule has 0 radical (unpaired) electrons. The van der Waals surface area contributed by atoms with E-state index in [-0.39, 0.29) is 11.8 Å². The maximum atomic E-state index is 12.8. The Labute approximate surface area is 173 Å². The van der Waals surface area contributed by atoms with E-state index in [4.69, 9.17) is 17.0 Å². The maximum Gasteiger partial charge on any atom is 0.266 e. The molecule has 0 aromatic heterocycles. The van der Waals surface area contributed by atoms with Gasteiger partial charge in [0.2, 0.25) is 5.91 Å². The molecule has 1 N–H and O–H groups in total. The molecule has 3 rings (SSSR count). The first-order chi connectivity index (χ1) is 13.4. The minimum Gasteiger partial charge on any atom is -0.497 e. The van der Waals surface area contributed by atoms with Gasteiger partial charge in [-0.3, -0.25) is 14.5 Å². The van der Waals surface area contributed by atoms with Crippen LogP contribution in [0.3, 0.4) is 0 Å². The number of rotatable bonds is 5. The Morgan fingerprint density at radius 1 is 1.18 bits per heavy atom. The lowest BCUT2D eigenvalue weighted by molar-refractivity contribution is -0.129. The number of anilines is 1. The smallest absolute Gasteiger partial charge is 0.266 e. The lowest BCUT2D eigenvalue weighted by atomic mass is 10.2. The standard InChI is InChI=1S/C21H20N2O3S2/c1-13-4-8-16(9-5-13)22-19(24)14(2)23-20(25)18(28-21(23)27)12-15-6-10-17(26-3)11-7-15/h4-12,14H,1-3H3,(H,22,24)/b18-12-. The number of hydrogen-bond donors (Lipinski definition) is 1. The van der Waals surface area contributed by atoms with Gasteiger partial charge in [-0.05, 0) is 49.8 Å². The summed E-state index contributed by atoms with van der Waals surface area (Å²) in [6, 6.07) is 14.1. The second kappa shape index (κ2) is 8.58. The highest BCUT2D eigenvalue weighted by Gasteiger charge is 2.38. The van der Waals surface area contributed by atoms with Crippen LogP contribution >= 0.6 is 24.0 Å². The Balaban J connectivity index is 1.73. The number of carbonyl (C=O) groups excluding carboxylic acids is 2. The number of thiocarbonyl (C=S) groups is 1. The predicted molar refractivity (Wildman–Crippen MR) is 117 cm³/mol. The molecule has 0 aliphatic carbocycles. The number of aryl methyl sites for hydroxylation is 1. The van der Waals surface area contributed by atoms with Crippen molar-refractivity contribution in [3.05, 3.63) is 64.6 Å². The molecule has 1 saturated heterocycles. The summed E-state index contributed by atoms with van der Waals surface area (Å²) < 4.78 is 5.51. The Bertz CT molecular complexity index is 937. The first-order valence-corrected chi connectivity index (χ1v) is 9.90. The van der Waals surface area contributed by atoms with Crippen LogP contribution in [0.2, 0.25) is 0 Å². The molecular weight excluding hydrogens is 392 g/mol. The fourth-order valence-corrected chi connectivity index (χ4v) is 4.08. The minimum atomic E-state index is -0.712. The monoisotopic (exact) mass is 412 g/mol. The molecule has 2 aromatic rings. The van der Waals surface area contributed by atoms with Gasteiger partial charge in [0.15, 0.2) is 0 Å². The van der Waals surface area contributed by atoms with Crippen LogP contribution in [-0.2, 0) is 9.59 Å². The van der Waals surface area contributed by atoms with Crippen LogP contribution in [0.1, 0.15) is 18.1 Å². The number of carbonyl (C=O) groups is 2. The van der Waals surface area contributed by atoms with Gasteiger partial charge in [0, 0.05) is 5.69 Å². The lowest BCUT2D eigenvalue weighted by Gasteiger charge is -2.22. The van der Waals surface area contributed by atoms with Gasteiger partial charge in [-0.25, -0.2) is 0 Å². The van der Waals surface area contributed by atoms with Crippen LogP contribution < -0.4 is 10.1 Å². The summed E-state index contributed by atoms with van der Waals surface area (Å²) in [5.41, 5.74) is 2.64. The van der Waals surface area contributed by atoms with E-state index in [1.54, 1.807) is 20.1 Å². The third-order valence-electron chi connectivity index (χ3n) is 4.32. The molecule has 1 unspecified atom stereocenters. The molecule has 1 fully saturated rings. The Kier molecular flexibility index (Phi) is 6.16. The molecular formula is C21H20N2O3S2. The normalized spacial score (nSPS) is 16.4. The molecule has 0 bridgehead atoms.